The number of hydrogen-bond acceptors (Lipinski definition) is 7. The minimum Gasteiger partial charge on any atom is -0.484 e. The largest absolute Gasteiger partial charge is 0.484 e. The van der Waals surface area contributed by atoms with Gasteiger partial charge in [0, 0.05) is 11.6 Å². The van der Waals surface area contributed by atoms with Crippen LogP contribution in [0, 0.1) is 6.92 Å². The summed E-state index contributed by atoms with van der Waals surface area (Å²) in [4.78, 5) is 37.3. The number of hydrogen-bond donors (Lipinski definition) is 1. The lowest BCUT2D eigenvalue weighted by molar-refractivity contribution is -0.123. The molecule has 0 heterocycles. The zero-order valence-corrected chi connectivity index (χ0v) is 20.5. The van der Waals surface area contributed by atoms with Gasteiger partial charge in [-0.15, -0.1) is 0 Å². The summed E-state index contributed by atoms with van der Waals surface area (Å²) < 4.78 is 16.5. The van der Waals surface area contributed by atoms with Gasteiger partial charge in [-0.25, -0.2) is 15.0 Å². The summed E-state index contributed by atoms with van der Waals surface area (Å²) in [6.07, 6.45) is 1.32. The molecule has 4 rings (SSSR count). The highest BCUT2D eigenvalue weighted by molar-refractivity contribution is 5.94. The number of aryl methyl sites for hydroxylation is 1. The van der Waals surface area contributed by atoms with Gasteiger partial charge in [0.1, 0.15) is 17.2 Å². The molecule has 0 aliphatic heterocycles. The Bertz CT molecular complexity index is 1440. The highest BCUT2D eigenvalue weighted by Crippen LogP contribution is 2.26. The van der Waals surface area contributed by atoms with Crippen LogP contribution in [0.1, 0.15) is 31.8 Å². The van der Waals surface area contributed by atoms with Crippen molar-refractivity contribution in [2.75, 3.05) is 6.61 Å². The Balaban J connectivity index is 1.46. The molecule has 0 bridgehead atoms. The lowest BCUT2D eigenvalue weighted by Gasteiger charge is -2.10. The quantitative estimate of drug-likeness (QED) is 0.148. The third-order valence-electron chi connectivity index (χ3n) is 5.20. The maximum Gasteiger partial charge on any atom is 0.343 e. The number of nitrogens with zero attached hydrogens (tertiary/aromatic N) is 1. The van der Waals surface area contributed by atoms with Crippen molar-refractivity contribution in [3.8, 4) is 17.2 Å². The number of hydrazone groups is 1. The first kappa shape index (κ1) is 25.8. The van der Waals surface area contributed by atoms with Crippen LogP contribution in [0.5, 0.6) is 17.2 Å². The van der Waals surface area contributed by atoms with Crippen LogP contribution in [0.4, 0.5) is 0 Å². The number of carbonyl (C=O) groups is 3. The maximum absolute atomic E-state index is 12.7. The van der Waals surface area contributed by atoms with E-state index in [2.05, 4.69) is 10.5 Å². The van der Waals surface area contributed by atoms with E-state index < -0.39 is 17.8 Å². The van der Waals surface area contributed by atoms with Crippen LogP contribution < -0.4 is 19.6 Å². The monoisotopic (exact) mass is 508 g/mol. The highest BCUT2D eigenvalue weighted by Gasteiger charge is 2.15. The average Bonchev–Trinajstić information content (AvgIpc) is 2.94. The summed E-state index contributed by atoms with van der Waals surface area (Å²) in [6.45, 7) is 1.72. The predicted octanol–water partition coefficient (Wildman–Crippen LogP) is 4.96. The smallest absolute Gasteiger partial charge is 0.343 e. The summed E-state index contributed by atoms with van der Waals surface area (Å²) in [5, 5.41) is 3.94. The van der Waals surface area contributed by atoms with Gasteiger partial charge in [0.25, 0.3) is 5.91 Å². The molecule has 8 nitrogen and oxygen atoms in total. The molecule has 0 aromatic heterocycles. The summed E-state index contributed by atoms with van der Waals surface area (Å²) >= 11 is 0. The van der Waals surface area contributed by atoms with Gasteiger partial charge in [-0.2, -0.15) is 5.10 Å². The van der Waals surface area contributed by atoms with E-state index in [1.165, 1.54) is 18.3 Å². The molecule has 0 saturated heterocycles. The zero-order chi connectivity index (χ0) is 26.7. The van der Waals surface area contributed by atoms with E-state index in [4.69, 9.17) is 14.2 Å². The molecule has 0 atom stereocenters. The Morgan fingerprint density at radius 1 is 0.737 bits per heavy atom. The fourth-order valence-corrected chi connectivity index (χ4v) is 3.24. The molecule has 4 aromatic rings. The summed E-state index contributed by atoms with van der Waals surface area (Å²) in [7, 11) is 0. The average molecular weight is 509 g/mol. The molecule has 8 heteroatoms. The van der Waals surface area contributed by atoms with Crippen LogP contribution >= 0.6 is 0 Å². The van der Waals surface area contributed by atoms with Gasteiger partial charge in [0.2, 0.25) is 0 Å². The van der Waals surface area contributed by atoms with Crippen LogP contribution in [0.3, 0.4) is 0 Å². The molecule has 0 aliphatic carbocycles. The normalized spacial score (nSPS) is 10.6. The molecule has 0 saturated carbocycles. The van der Waals surface area contributed by atoms with Gasteiger partial charge in [-0.3, -0.25) is 4.79 Å². The predicted molar refractivity (Wildman–Crippen MR) is 142 cm³/mol. The third kappa shape index (κ3) is 7.38. The summed E-state index contributed by atoms with van der Waals surface area (Å²) in [5.74, 6) is -0.826. The minimum absolute atomic E-state index is 0.0890. The molecule has 4 aromatic carbocycles. The van der Waals surface area contributed by atoms with Crippen molar-refractivity contribution in [2.24, 2.45) is 5.10 Å². The molecule has 0 unspecified atom stereocenters. The Labute approximate surface area is 219 Å². The minimum atomic E-state index is -0.609. The van der Waals surface area contributed by atoms with E-state index in [9.17, 15) is 14.4 Å². The first-order chi connectivity index (χ1) is 18.5. The fraction of sp³-hybridized carbons (Fsp3) is 0.0667. The second-order valence-electron chi connectivity index (χ2n) is 8.11. The van der Waals surface area contributed by atoms with Crippen molar-refractivity contribution in [1.82, 2.24) is 5.43 Å². The van der Waals surface area contributed by atoms with Crippen LogP contribution in [-0.4, -0.2) is 30.7 Å². The molecule has 1 N–H and O–H groups in total. The van der Waals surface area contributed by atoms with Crippen molar-refractivity contribution in [2.45, 2.75) is 6.92 Å². The number of nitrogens with one attached hydrogen (secondary N) is 1. The van der Waals surface area contributed by atoms with Crippen LogP contribution in [0.25, 0.3) is 0 Å². The molecule has 1 amide bonds. The van der Waals surface area contributed by atoms with Gasteiger partial charge >= 0.3 is 11.9 Å². The Hall–Kier alpha value is -5.24. The number of benzene rings is 4. The van der Waals surface area contributed by atoms with Crippen molar-refractivity contribution in [1.29, 1.82) is 0 Å². The number of ether oxygens (including phenoxy) is 3. The van der Waals surface area contributed by atoms with Gasteiger partial charge in [0.15, 0.2) is 6.61 Å². The van der Waals surface area contributed by atoms with Crippen molar-refractivity contribution in [3.63, 3.8) is 0 Å². The van der Waals surface area contributed by atoms with Crippen LogP contribution in [0.15, 0.2) is 108 Å². The molecule has 38 heavy (non-hydrogen) atoms. The van der Waals surface area contributed by atoms with Crippen molar-refractivity contribution < 1.29 is 28.6 Å². The molecular weight excluding hydrogens is 484 g/mol. The van der Waals surface area contributed by atoms with E-state index in [-0.39, 0.29) is 18.1 Å². The standard InChI is InChI=1S/C30H24N2O6/c1-21-12-15-25(16-13-21)36-20-28(33)32-31-19-24-14-17-26(37-29(34)22-8-4-2-5-9-22)18-27(24)38-30(35)23-10-6-3-7-11-23/h2-19H,20H2,1H3,(H,32,33)/b31-19-. The van der Waals surface area contributed by atoms with Gasteiger partial charge in [-0.1, -0.05) is 54.1 Å². The van der Waals surface area contributed by atoms with Crippen molar-refractivity contribution in [3.05, 3.63) is 125 Å². The van der Waals surface area contributed by atoms with Crippen molar-refractivity contribution >= 4 is 24.1 Å². The Kier molecular flexibility index (Phi) is 8.60. The van der Waals surface area contributed by atoms with Gasteiger partial charge < -0.3 is 14.2 Å². The molecule has 0 aliphatic rings. The van der Waals surface area contributed by atoms with E-state index in [1.807, 2.05) is 19.1 Å². The number of rotatable bonds is 9. The van der Waals surface area contributed by atoms with E-state index in [1.54, 1.807) is 78.9 Å². The maximum atomic E-state index is 12.7. The number of esters is 2. The molecule has 0 radical (unpaired) electrons. The third-order valence-corrected chi connectivity index (χ3v) is 5.20. The lowest BCUT2D eigenvalue weighted by atomic mass is 10.2. The summed E-state index contributed by atoms with van der Waals surface area (Å²) in [5.41, 5.74) is 4.53. The van der Waals surface area contributed by atoms with Gasteiger partial charge in [-0.05, 0) is 55.5 Å². The van der Waals surface area contributed by atoms with Gasteiger partial charge in [0.05, 0.1) is 17.3 Å². The molecular formula is C30H24N2O6. The number of carbonyl (C=O) groups excluding carboxylic acids is 3. The summed E-state index contributed by atoms with van der Waals surface area (Å²) in [6, 6.07) is 28.7. The SMILES string of the molecule is Cc1ccc(OCC(=O)N/N=C\c2ccc(OC(=O)c3ccccc3)cc2OC(=O)c2ccccc2)cc1. The zero-order valence-electron chi connectivity index (χ0n) is 20.5. The first-order valence-electron chi connectivity index (χ1n) is 11.7. The first-order valence-corrected chi connectivity index (χ1v) is 11.7. The van der Waals surface area contributed by atoms with Crippen LogP contribution in [-0.2, 0) is 4.79 Å². The fourth-order valence-electron chi connectivity index (χ4n) is 3.24. The van der Waals surface area contributed by atoms with Crippen LogP contribution in [0.2, 0.25) is 0 Å². The topological polar surface area (TPSA) is 103 Å². The second kappa shape index (κ2) is 12.6. The number of amides is 1. The van der Waals surface area contributed by atoms with E-state index in [0.717, 1.165) is 5.56 Å². The molecule has 190 valence electrons. The molecule has 0 spiro atoms. The Morgan fingerprint density at radius 3 is 1.95 bits per heavy atom. The second-order valence-corrected chi connectivity index (χ2v) is 8.11. The van der Waals surface area contributed by atoms with E-state index in [0.29, 0.717) is 22.4 Å². The highest BCUT2D eigenvalue weighted by atomic mass is 16.5. The lowest BCUT2D eigenvalue weighted by Crippen LogP contribution is -2.24. The molecule has 0 fully saturated rings. The Morgan fingerprint density at radius 2 is 1.32 bits per heavy atom. The van der Waals surface area contributed by atoms with E-state index >= 15 is 0 Å².